The molecule has 0 unspecified atom stereocenters. The first kappa shape index (κ1) is 13.0. The SMILES string of the molecule is CCC[C@H]1O/C(=C\C(=O)OC)[C@@H](CCC)O1. The minimum Gasteiger partial charge on any atom is -0.466 e. The second-order valence-electron chi connectivity index (χ2n) is 3.82. The fraction of sp³-hybridized carbons (Fsp3) is 0.750. The van der Waals surface area contributed by atoms with Crippen LogP contribution < -0.4 is 0 Å². The van der Waals surface area contributed by atoms with Crippen LogP contribution in [0.15, 0.2) is 11.8 Å². The molecule has 0 radical (unpaired) electrons. The first-order valence-corrected chi connectivity index (χ1v) is 5.82. The Bertz CT molecular complexity index is 260. The third-order valence-corrected chi connectivity index (χ3v) is 2.44. The van der Waals surface area contributed by atoms with Gasteiger partial charge in [0.2, 0.25) is 0 Å². The van der Waals surface area contributed by atoms with E-state index in [1.807, 2.05) is 0 Å². The molecular weight excluding hydrogens is 208 g/mol. The molecule has 0 N–H and O–H groups in total. The quantitative estimate of drug-likeness (QED) is 0.535. The van der Waals surface area contributed by atoms with Crippen molar-refractivity contribution in [3.05, 3.63) is 11.8 Å². The van der Waals surface area contributed by atoms with Crippen LogP contribution in [-0.2, 0) is 19.0 Å². The van der Waals surface area contributed by atoms with E-state index in [4.69, 9.17) is 9.47 Å². The van der Waals surface area contributed by atoms with Crippen molar-refractivity contribution in [2.24, 2.45) is 0 Å². The number of methoxy groups -OCH3 is 1. The summed E-state index contributed by atoms with van der Waals surface area (Å²) in [6.07, 6.45) is 4.77. The summed E-state index contributed by atoms with van der Waals surface area (Å²) in [6, 6.07) is 0. The van der Waals surface area contributed by atoms with E-state index in [-0.39, 0.29) is 12.4 Å². The molecule has 2 atom stereocenters. The Labute approximate surface area is 96.6 Å². The van der Waals surface area contributed by atoms with E-state index in [0.29, 0.717) is 5.76 Å². The van der Waals surface area contributed by atoms with Gasteiger partial charge in [-0.3, -0.25) is 0 Å². The zero-order chi connectivity index (χ0) is 12.0. The van der Waals surface area contributed by atoms with Gasteiger partial charge < -0.3 is 14.2 Å². The number of hydrogen-bond donors (Lipinski definition) is 0. The Hall–Kier alpha value is -1.03. The summed E-state index contributed by atoms with van der Waals surface area (Å²) in [4.78, 5) is 11.1. The van der Waals surface area contributed by atoms with E-state index in [0.717, 1.165) is 25.7 Å². The van der Waals surface area contributed by atoms with Crippen LogP contribution in [0.5, 0.6) is 0 Å². The second-order valence-corrected chi connectivity index (χ2v) is 3.82. The molecule has 1 heterocycles. The summed E-state index contributed by atoms with van der Waals surface area (Å²) in [7, 11) is 1.35. The molecule has 0 bridgehead atoms. The lowest BCUT2D eigenvalue weighted by molar-refractivity contribution is -0.135. The van der Waals surface area contributed by atoms with Crippen LogP contribution in [0.2, 0.25) is 0 Å². The van der Waals surface area contributed by atoms with E-state index in [1.165, 1.54) is 13.2 Å². The number of carbonyl (C=O) groups is 1. The molecule has 0 aliphatic carbocycles. The van der Waals surface area contributed by atoms with Crippen molar-refractivity contribution < 1.29 is 19.0 Å². The summed E-state index contributed by atoms with van der Waals surface area (Å²) in [5.74, 6) is 0.212. The van der Waals surface area contributed by atoms with Crippen molar-refractivity contribution in [1.82, 2.24) is 0 Å². The van der Waals surface area contributed by atoms with Gasteiger partial charge in [-0.15, -0.1) is 0 Å². The van der Waals surface area contributed by atoms with Crippen LogP contribution in [0.4, 0.5) is 0 Å². The molecular formula is C12H20O4. The van der Waals surface area contributed by atoms with Crippen molar-refractivity contribution in [3.63, 3.8) is 0 Å². The molecule has 4 heteroatoms. The van der Waals surface area contributed by atoms with Crippen LogP contribution in [-0.4, -0.2) is 25.5 Å². The van der Waals surface area contributed by atoms with Gasteiger partial charge in [-0.1, -0.05) is 26.7 Å². The molecule has 92 valence electrons. The van der Waals surface area contributed by atoms with Crippen molar-refractivity contribution in [2.45, 2.75) is 51.9 Å². The number of hydrogen-bond acceptors (Lipinski definition) is 4. The molecule has 0 saturated carbocycles. The normalized spacial score (nSPS) is 26.8. The number of ether oxygens (including phenoxy) is 3. The molecule has 0 aromatic rings. The predicted octanol–water partition coefficient (Wildman–Crippen LogP) is 2.39. The molecule has 1 saturated heterocycles. The van der Waals surface area contributed by atoms with Gasteiger partial charge in [0.25, 0.3) is 0 Å². The minimum atomic E-state index is -0.392. The molecule has 4 nitrogen and oxygen atoms in total. The lowest BCUT2D eigenvalue weighted by atomic mass is 10.2. The fourth-order valence-corrected chi connectivity index (χ4v) is 1.64. The van der Waals surface area contributed by atoms with E-state index in [2.05, 4.69) is 18.6 Å². The number of esters is 1. The molecule has 1 aliphatic heterocycles. The maximum Gasteiger partial charge on any atom is 0.333 e. The molecule has 1 fully saturated rings. The van der Waals surface area contributed by atoms with Gasteiger partial charge in [0.1, 0.15) is 11.9 Å². The second kappa shape index (κ2) is 6.53. The Balaban J connectivity index is 2.65. The molecule has 0 spiro atoms. The summed E-state index contributed by atoms with van der Waals surface area (Å²) >= 11 is 0. The summed E-state index contributed by atoms with van der Waals surface area (Å²) in [5, 5.41) is 0. The van der Waals surface area contributed by atoms with Crippen molar-refractivity contribution >= 4 is 5.97 Å². The van der Waals surface area contributed by atoms with Gasteiger partial charge in [-0.05, 0) is 6.42 Å². The lowest BCUT2D eigenvalue weighted by Crippen LogP contribution is -2.11. The highest BCUT2D eigenvalue weighted by Gasteiger charge is 2.31. The summed E-state index contributed by atoms with van der Waals surface area (Å²) in [6.45, 7) is 4.15. The molecule has 16 heavy (non-hydrogen) atoms. The molecule has 0 amide bonds. The van der Waals surface area contributed by atoms with Crippen molar-refractivity contribution in [2.75, 3.05) is 7.11 Å². The maximum atomic E-state index is 11.1. The monoisotopic (exact) mass is 228 g/mol. The number of carbonyl (C=O) groups excluding carboxylic acids is 1. The van der Waals surface area contributed by atoms with Crippen LogP contribution in [0.25, 0.3) is 0 Å². The van der Waals surface area contributed by atoms with Crippen molar-refractivity contribution in [1.29, 1.82) is 0 Å². The van der Waals surface area contributed by atoms with Crippen LogP contribution in [0.1, 0.15) is 39.5 Å². The third kappa shape index (κ3) is 3.52. The largest absolute Gasteiger partial charge is 0.466 e. The van der Waals surface area contributed by atoms with Gasteiger partial charge >= 0.3 is 5.97 Å². The highest BCUT2D eigenvalue weighted by atomic mass is 16.7. The third-order valence-electron chi connectivity index (χ3n) is 2.44. The molecule has 0 aromatic heterocycles. The average molecular weight is 228 g/mol. The first-order chi connectivity index (χ1) is 7.71. The Kier molecular flexibility index (Phi) is 5.32. The van der Waals surface area contributed by atoms with Gasteiger partial charge in [-0.2, -0.15) is 0 Å². The first-order valence-electron chi connectivity index (χ1n) is 5.82. The Morgan fingerprint density at radius 2 is 2.06 bits per heavy atom. The van der Waals surface area contributed by atoms with Crippen LogP contribution >= 0.6 is 0 Å². The summed E-state index contributed by atoms with van der Waals surface area (Å²) in [5.41, 5.74) is 0. The highest BCUT2D eigenvalue weighted by molar-refractivity contribution is 5.82. The minimum absolute atomic E-state index is 0.0966. The zero-order valence-electron chi connectivity index (χ0n) is 10.2. The predicted molar refractivity (Wildman–Crippen MR) is 59.7 cm³/mol. The van der Waals surface area contributed by atoms with Gasteiger partial charge in [-0.25, -0.2) is 4.79 Å². The molecule has 1 aliphatic rings. The van der Waals surface area contributed by atoms with Gasteiger partial charge in [0.15, 0.2) is 6.29 Å². The van der Waals surface area contributed by atoms with Crippen LogP contribution in [0.3, 0.4) is 0 Å². The number of rotatable bonds is 5. The van der Waals surface area contributed by atoms with Gasteiger partial charge in [0, 0.05) is 6.42 Å². The van der Waals surface area contributed by atoms with E-state index in [1.54, 1.807) is 0 Å². The average Bonchev–Trinajstić information content (AvgIpc) is 2.62. The van der Waals surface area contributed by atoms with E-state index >= 15 is 0 Å². The molecule has 1 rings (SSSR count). The smallest absolute Gasteiger partial charge is 0.333 e. The fourth-order valence-electron chi connectivity index (χ4n) is 1.64. The lowest BCUT2D eigenvalue weighted by Gasteiger charge is -2.07. The van der Waals surface area contributed by atoms with Crippen LogP contribution in [0, 0.1) is 0 Å². The Morgan fingerprint density at radius 3 is 2.62 bits per heavy atom. The highest BCUT2D eigenvalue weighted by Crippen LogP contribution is 2.28. The standard InChI is InChI=1S/C12H20O4/c1-4-6-9-10(8-11(13)14-3)16-12(15-9)7-5-2/h8-9,12H,4-7H2,1-3H3/b10-8-/t9-,12-/m1/s1. The summed E-state index contributed by atoms with van der Waals surface area (Å²) < 4.78 is 15.9. The maximum absolute atomic E-state index is 11.1. The zero-order valence-corrected chi connectivity index (χ0v) is 10.2. The Morgan fingerprint density at radius 1 is 1.38 bits per heavy atom. The van der Waals surface area contributed by atoms with Crippen molar-refractivity contribution in [3.8, 4) is 0 Å². The van der Waals surface area contributed by atoms with E-state index in [9.17, 15) is 4.79 Å². The topological polar surface area (TPSA) is 44.8 Å². The van der Waals surface area contributed by atoms with Gasteiger partial charge in [0.05, 0.1) is 13.2 Å². The van der Waals surface area contributed by atoms with E-state index < -0.39 is 5.97 Å². The molecule has 0 aromatic carbocycles.